The number of ether oxygens (including phenoxy) is 1. The van der Waals surface area contributed by atoms with E-state index in [-0.39, 0.29) is 11.9 Å². The summed E-state index contributed by atoms with van der Waals surface area (Å²) in [6, 6.07) is 6.82. The highest BCUT2D eigenvalue weighted by atomic mass is 19.1. The van der Waals surface area contributed by atoms with Crippen LogP contribution in [0.15, 0.2) is 24.3 Å². The normalized spacial score (nSPS) is 22.4. The van der Waals surface area contributed by atoms with Gasteiger partial charge in [0.05, 0.1) is 6.10 Å². The van der Waals surface area contributed by atoms with E-state index in [1.807, 2.05) is 19.1 Å². The van der Waals surface area contributed by atoms with Gasteiger partial charge in [-0.05, 0) is 44.0 Å². The van der Waals surface area contributed by atoms with Gasteiger partial charge < -0.3 is 10.5 Å². The summed E-state index contributed by atoms with van der Waals surface area (Å²) in [5, 5.41) is 0. The lowest BCUT2D eigenvalue weighted by Crippen LogP contribution is -2.44. The molecule has 1 aromatic carbocycles. The van der Waals surface area contributed by atoms with E-state index < -0.39 is 0 Å². The number of hydrogen-bond donors (Lipinski definition) is 1. The zero-order valence-electron chi connectivity index (χ0n) is 11.5. The van der Waals surface area contributed by atoms with Gasteiger partial charge in [0.25, 0.3) is 0 Å². The molecule has 1 aliphatic rings. The van der Waals surface area contributed by atoms with Crippen LogP contribution in [0.1, 0.15) is 31.4 Å². The molecule has 0 aliphatic carbocycles. The van der Waals surface area contributed by atoms with Crippen LogP contribution in [0.4, 0.5) is 4.39 Å². The monoisotopic (exact) mass is 266 g/mol. The fraction of sp³-hybridized carbons (Fsp3) is 0.600. The summed E-state index contributed by atoms with van der Waals surface area (Å²) in [7, 11) is 0. The Bertz CT molecular complexity index is 380. The molecule has 0 spiro atoms. The average molecular weight is 266 g/mol. The Balaban J connectivity index is 2.06. The minimum atomic E-state index is -0.203. The third-order valence-corrected chi connectivity index (χ3v) is 3.73. The Morgan fingerprint density at radius 3 is 2.79 bits per heavy atom. The average Bonchev–Trinajstić information content (AvgIpc) is 2.43. The van der Waals surface area contributed by atoms with Crippen LogP contribution in [0.25, 0.3) is 0 Å². The standard InChI is InChI=1S/C15H23FN2O/c1-2-19-14-4-3-9-18(11-14)15(10-17)12-5-7-13(16)8-6-12/h5-8,14-15H,2-4,9-11,17H2,1H3. The van der Waals surface area contributed by atoms with E-state index in [0.717, 1.165) is 38.1 Å². The van der Waals surface area contributed by atoms with Crippen molar-refractivity contribution in [2.45, 2.75) is 31.9 Å². The Hall–Kier alpha value is -0.970. The number of hydrogen-bond acceptors (Lipinski definition) is 3. The molecule has 0 aromatic heterocycles. The van der Waals surface area contributed by atoms with Crippen LogP contribution in [-0.4, -0.2) is 37.2 Å². The summed E-state index contributed by atoms with van der Waals surface area (Å²) in [6.45, 7) is 5.27. The lowest BCUT2D eigenvalue weighted by molar-refractivity contribution is -0.00660. The van der Waals surface area contributed by atoms with E-state index >= 15 is 0 Å². The van der Waals surface area contributed by atoms with Crippen LogP contribution in [0.2, 0.25) is 0 Å². The van der Waals surface area contributed by atoms with Crippen molar-refractivity contribution in [3.8, 4) is 0 Å². The molecule has 0 amide bonds. The van der Waals surface area contributed by atoms with E-state index in [2.05, 4.69) is 4.90 Å². The van der Waals surface area contributed by atoms with Crippen molar-refractivity contribution in [3.05, 3.63) is 35.6 Å². The zero-order valence-corrected chi connectivity index (χ0v) is 11.5. The molecule has 0 bridgehead atoms. The molecule has 4 heteroatoms. The van der Waals surface area contributed by atoms with E-state index in [1.54, 1.807) is 0 Å². The summed E-state index contributed by atoms with van der Waals surface area (Å²) in [4.78, 5) is 2.36. The van der Waals surface area contributed by atoms with Crippen LogP contribution >= 0.6 is 0 Å². The van der Waals surface area contributed by atoms with Gasteiger partial charge in [0.2, 0.25) is 0 Å². The fourth-order valence-corrected chi connectivity index (χ4v) is 2.80. The lowest BCUT2D eigenvalue weighted by Gasteiger charge is -2.37. The van der Waals surface area contributed by atoms with Crippen molar-refractivity contribution in [1.29, 1.82) is 0 Å². The minimum absolute atomic E-state index is 0.156. The molecule has 0 radical (unpaired) electrons. The quantitative estimate of drug-likeness (QED) is 0.889. The molecule has 106 valence electrons. The molecule has 1 saturated heterocycles. The van der Waals surface area contributed by atoms with Crippen LogP contribution in [0, 0.1) is 5.82 Å². The second-order valence-electron chi connectivity index (χ2n) is 5.02. The van der Waals surface area contributed by atoms with Gasteiger partial charge in [-0.15, -0.1) is 0 Å². The van der Waals surface area contributed by atoms with Gasteiger partial charge in [-0.25, -0.2) is 4.39 Å². The predicted molar refractivity (Wildman–Crippen MR) is 74.4 cm³/mol. The van der Waals surface area contributed by atoms with Crippen molar-refractivity contribution in [2.75, 3.05) is 26.2 Å². The Labute approximate surface area is 114 Å². The highest BCUT2D eigenvalue weighted by Crippen LogP contribution is 2.25. The molecule has 3 nitrogen and oxygen atoms in total. The molecule has 0 saturated carbocycles. The second kappa shape index (κ2) is 6.98. The number of piperidine rings is 1. The molecule has 19 heavy (non-hydrogen) atoms. The molecule has 1 heterocycles. The SMILES string of the molecule is CCOC1CCCN(C(CN)c2ccc(F)cc2)C1. The van der Waals surface area contributed by atoms with Crippen LogP contribution in [-0.2, 0) is 4.74 Å². The van der Waals surface area contributed by atoms with Gasteiger partial charge >= 0.3 is 0 Å². The van der Waals surface area contributed by atoms with Gasteiger partial charge in [-0.3, -0.25) is 4.90 Å². The topological polar surface area (TPSA) is 38.5 Å². The minimum Gasteiger partial charge on any atom is -0.377 e. The largest absolute Gasteiger partial charge is 0.377 e. The third kappa shape index (κ3) is 3.75. The van der Waals surface area contributed by atoms with Gasteiger partial charge in [0.15, 0.2) is 0 Å². The van der Waals surface area contributed by atoms with E-state index in [9.17, 15) is 4.39 Å². The predicted octanol–water partition coefficient (Wildman–Crippen LogP) is 2.33. The maximum atomic E-state index is 13.0. The molecule has 2 unspecified atom stereocenters. The fourth-order valence-electron chi connectivity index (χ4n) is 2.80. The first kappa shape index (κ1) is 14.4. The first-order valence-corrected chi connectivity index (χ1v) is 7.05. The Kier molecular flexibility index (Phi) is 5.31. The number of halogens is 1. The van der Waals surface area contributed by atoms with E-state index in [0.29, 0.717) is 12.6 Å². The highest BCUT2D eigenvalue weighted by molar-refractivity contribution is 5.20. The number of likely N-dealkylation sites (tertiary alicyclic amines) is 1. The first-order chi connectivity index (χ1) is 9.24. The second-order valence-corrected chi connectivity index (χ2v) is 5.02. The molecule has 2 atom stereocenters. The van der Waals surface area contributed by atoms with E-state index in [4.69, 9.17) is 10.5 Å². The van der Waals surface area contributed by atoms with Gasteiger partial charge in [-0.1, -0.05) is 12.1 Å². The van der Waals surface area contributed by atoms with Gasteiger partial charge in [-0.2, -0.15) is 0 Å². The molecular weight excluding hydrogens is 243 g/mol. The summed E-state index contributed by atoms with van der Waals surface area (Å²) >= 11 is 0. The number of benzene rings is 1. The van der Waals surface area contributed by atoms with Crippen molar-refractivity contribution >= 4 is 0 Å². The first-order valence-electron chi connectivity index (χ1n) is 7.05. The third-order valence-electron chi connectivity index (χ3n) is 3.73. The Morgan fingerprint density at radius 2 is 2.16 bits per heavy atom. The Morgan fingerprint density at radius 1 is 1.42 bits per heavy atom. The summed E-state index contributed by atoms with van der Waals surface area (Å²) < 4.78 is 18.7. The van der Waals surface area contributed by atoms with Crippen molar-refractivity contribution < 1.29 is 9.13 Å². The summed E-state index contributed by atoms with van der Waals surface area (Å²) in [6.07, 6.45) is 2.54. The number of nitrogens with zero attached hydrogens (tertiary/aromatic N) is 1. The van der Waals surface area contributed by atoms with Gasteiger partial charge in [0.1, 0.15) is 5.82 Å². The highest BCUT2D eigenvalue weighted by Gasteiger charge is 2.26. The smallest absolute Gasteiger partial charge is 0.123 e. The zero-order chi connectivity index (χ0) is 13.7. The summed E-state index contributed by atoms with van der Waals surface area (Å²) in [5.74, 6) is -0.203. The molecule has 1 fully saturated rings. The molecule has 1 aliphatic heterocycles. The molecule has 2 N–H and O–H groups in total. The number of nitrogens with two attached hydrogens (primary N) is 1. The van der Waals surface area contributed by atoms with Crippen molar-refractivity contribution in [2.24, 2.45) is 5.73 Å². The van der Waals surface area contributed by atoms with Crippen molar-refractivity contribution in [1.82, 2.24) is 4.90 Å². The molecular formula is C15H23FN2O. The maximum Gasteiger partial charge on any atom is 0.123 e. The van der Waals surface area contributed by atoms with Crippen LogP contribution < -0.4 is 5.73 Å². The molecule has 1 aromatic rings. The summed E-state index contributed by atoms with van der Waals surface area (Å²) in [5.41, 5.74) is 7.00. The maximum absolute atomic E-state index is 13.0. The van der Waals surface area contributed by atoms with Gasteiger partial charge in [0, 0.05) is 25.7 Å². The van der Waals surface area contributed by atoms with E-state index in [1.165, 1.54) is 12.1 Å². The van der Waals surface area contributed by atoms with Crippen LogP contribution in [0.3, 0.4) is 0 Å². The van der Waals surface area contributed by atoms with Crippen LogP contribution in [0.5, 0.6) is 0 Å². The molecule has 2 rings (SSSR count). The lowest BCUT2D eigenvalue weighted by atomic mass is 10.0. The number of rotatable bonds is 5. The van der Waals surface area contributed by atoms with Crippen molar-refractivity contribution in [3.63, 3.8) is 0 Å².